The Bertz CT molecular complexity index is 820. The van der Waals surface area contributed by atoms with Gasteiger partial charge in [-0.1, -0.05) is 0 Å². The molecule has 11 heteroatoms. The number of aliphatic imine (C=N–C) groups is 1. The summed E-state index contributed by atoms with van der Waals surface area (Å²) in [6, 6.07) is 0. The van der Waals surface area contributed by atoms with E-state index in [0.29, 0.717) is 38.7 Å². The summed E-state index contributed by atoms with van der Waals surface area (Å²) in [4.78, 5) is 20.5. The molecule has 2 fully saturated rings. The minimum Gasteiger partial charge on any atom is -0.356 e. The number of anilines is 1. The van der Waals surface area contributed by atoms with Crippen LogP contribution in [0.3, 0.4) is 0 Å². The number of nitrogens with zero attached hydrogens (tertiary/aromatic N) is 6. The molecular weight excluding hydrogens is 370 g/mol. The Morgan fingerprint density at radius 3 is 2.70 bits per heavy atom. The minimum atomic E-state index is -3.13. The molecule has 3 rings (SSSR count). The van der Waals surface area contributed by atoms with Gasteiger partial charge in [0.25, 0.3) is 0 Å². The van der Waals surface area contributed by atoms with E-state index >= 15 is 0 Å². The lowest BCUT2D eigenvalue weighted by Gasteiger charge is -2.35. The second kappa shape index (κ2) is 7.85. The van der Waals surface area contributed by atoms with Crippen molar-refractivity contribution in [3.8, 4) is 0 Å². The van der Waals surface area contributed by atoms with Gasteiger partial charge in [0.15, 0.2) is 5.96 Å². The number of carbonyl (C=O) groups is 1. The highest BCUT2D eigenvalue weighted by Crippen LogP contribution is 2.19. The Morgan fingerprint density at radius 2 is 2.15 bits per heavy atom. The molecule has 10 nitrogen and oxygen atoms in total. The van der Waals surface area contributed by atoms with Crippen LogP contribution in [0.25, 0.3) is 0 Å². The molecule has 0 aromatic carbocycles. The monoisotopic (exact) mass is 397 g/mol. The molecule has 1 unspecified atom stereocenters. The fourth-order valence-electron chi connectivity index (χ4n) is 3.51. The van der Waals surface area contributed by atoms with E-state index in [9.17, 15) is 13.2 Å². The van der Waals surface area contributed by atoms with E-state index in [1.54, 1.807) is 22.8 Å². The van der Waals surface area contributed by atoms with Gasteiger partial charge in [-0.15, -0.1) is 0 Å². The zero-order chi connectivity index (χ0) is 19.6. The van der Waals surface area contributed by atoms with Gasteiger partial charge < -0.3 is 15.1 Å². The maximum atomic E-state index is 12.5. The average Bonchev–Trinajstić information content (AvgIpc) is 3.24. The van der Waals surface area contributed by atoms with E-state index < -0.39 is 10.0 Å². The molecule has 0 bridgehead atoms. The van der Waals surface area contributed by atoms with Crippen molar-refractivity contribution in [2.75, 3.05) is 57.5 Å². The maximum absolute atomic E-state index is 12.5. The van der Waals surface area contributed by atoms with Crippen molar-refractivity contribution in [1.29, 1.82) is 0 Å². The van der Waals surface area contributed by atoms with Crippen LogP contribution in [0.5, 0.6) is 0 Å². The molecule has 27 heavy (non-hydrogen) atoms. The van der Waals surface area contributed by atoms with Gasteiger partial charge in [0.2, 0.25) is 15.9 Å². The van der Waals surface area contributed by atoms with Crippen LogP contribution in [0.2, 0.25) is 0 Å². The van der Waals surface area contributed by atoms with E-state index in [1.165, 1.54) is 10.6 Å². The number of guanidine groups is 1. The fourth-order valence-corrected chi connectivity index (χ4v) is 4.43. The van der Waals surface area contributed by atoms with Gasteiger partial charge in [0.1, 0.15) is 6.54 Å². The maximum Gasteiger partial charge on any atom is 0.246 e. The highest BCUT2D eigenvalue weighted by Gasteiger charge is 2.30. The first-order valence-electron chi connectivity index (χ1n) is 8.97. The van der Waals surface area contributed by atoms with E-state index in [1.807, 2.05) is 18.1 Å². The Balaban J connectivity index is 1.53. The van der Waals surface area contributed by atoms with Crippen LogP contribution >= 0.6 is 0 Å². The number of hydrogen-bond donors (Lipinski definition) is 1. The Kier molecular flexibility index (Phi) is 5.70. The van der Waals surface area contributed by atoms with Gasteiger partial charge in [-0.2, -0.15) is 5.10 Å². The highest BCUT2D eigenvalue weighted by atomic mass is 32.2. The number of aryl methyl sites for hydroxylation is 1. The number of amides is 1. The largest absolute Gasteiger partial charge is 0.356 e. The fraction of sp³-hybridized carbons (Fsp3) is 0.688. The summed E-state index contributed by atoms with van der Waals surface area (Å²) >= 11 is 0. The molecule has 0 saturated carbocycles. The third-order valence-corrected chi connectivity index (χ3v) is 6.27. The third-order valence-electron chi connectivity index (χ3n) is 5.00. The molecule has 1 aromatic heterocycles. The van der Waals surface area contributed by atoms with Crippen LogP contribution in [-0.2, 0) is 21.9 Å². The Labute approximate surface area is 159 Å². The molecule has 0 aliphatic carbocycles. The lowest BCUT2D eigenvalue weighted by molar-refractivity contribution is -0.120. The first-order chi connectivity index (χ1) is 12.8. The number of aromatic nitrogens is 2. The van der Waals surface area contributed by atoms with Crippen molar-refractivity contribution < 1.29 is 13.2 Å². The van der Waals surface area contributed by atoms with Crippen LogP contribution in [0.4, 0.5) is 5.69 Å². The first kappa shape index (κ1) is 19.6. The molecule has 1 amide bonds. The first-order valence-corrected chi connectivity index (χ1v) is 10.8. The number of hydrogen-bond acceptors (Lipinski definition) is 5. The van der Waals surface area contributed by atoms with E-state index in [-0.39, 0.29) is 18.4 Å². The summed E-state index contributed by atoms with van der Waals surface area (Å²) < 4.78 is 26.5. The summed E-state index contributed by atoms with van der Waals surface area (Å²) in [6.07, 6.45) is 5.59. The molecule has 150 valence electrons. The zero-order valence-corrected chi connectivity index (χ0v) is 16.8. The molecule has 3 heterocycles. The number of carbonyl (C=O) groups excluding carboxylic acids is 1. The smallest absolute Gasteiger partial charge is 0.246 e. The van der Waals surface area contributed by atoms with Crippen LogP contribution in [-0.4, -0.2) is 91.8 Å². The van der Waals surface area contributed by atoms with Gasteiger partial charge in [0, 0.05) is 53.0 Å². The van der Waals surface area contributed by atoms with Crippen molar-refractivity contribution in [2.45, 2.75) is 6.42 Å². The molecule has 2 aliphatic heterocycles. The molecule has 1 atom stereocenters. The topological polar surface area (TPSA) is 103 Å². The van der Waals surface area contributed by atoms with Crippen molar-refractivity contribution >= 4 is 27.6 Å². The SMILES string of the molecule is CN=C(NCC1CCN(S(C)(=O)=O)C1)N1CCN(c2cnn(C)c2)C(=O)C1. The molecule has 2 saturated heterocycles. The second-order valence-electron chi connectivity index (χ2n) is 7.04. The van der Waals surface area contributed by atoms with Crippen molar-refractivity contribution in [3.05, 3.63) is 12.4 Å². The second-order valence-corrected chi connectivity index (χ2v) is 9.03. The number of piperazine rings is 1. The summed E-state index contributed by atoms with van der Waals surface area (Å²) in [5.41, 5.74) is 0.803. The molecular formula is C16H27N7O3S. The van der Waals surface area contributed by atoms with Gasteiger partial charge in [-0.25, -0.2) is 12.7 Å². The van der Waals surface area contributed by atoms with Gasteiger partial charge in [0.05, 0.1) is 18.1 Å². The van der Waals surface area contributed by atoms with Gasteiger partial charge in [-0.05, 0) is 12.3 Å². The molecule has 2 aliphatic rings. The van der Waals surface area contributed by atoms with Crippen LogP contribution in [0.15, 0.2) is 17.4 Å². The van der Waals surface area contributed by atoms with E-state index in [0.717, 1.165) is 12.1 Å². The summed E-state index contributed by atoms with van der Waals surface area (Å²) in [5, 5.41) is 7.42. The van der Waals surface area contributed by atoms with Crippen LogP contribution < -0.4 is 10.2 Å². The summed E-state index contributed by atoms with van der Waals surface area (Å²) in [5.74, 6) is 0.914. The molecule has 0 spiro atoms. The lowest BCUT2D eigenvalue weighted by atomic mass is 10.1. The summed E-state index contributed by atoms with van der Waals surface area (Å²) in [6.45, 7) is 3.20. The zero-order valence-electron chi connectivity index (χ0n) is 16.0. The van der Waals surface area contributed by atoms with E-state index in [4.69, 9.17) is 0 Å². The molecule has 1 aromatic rings. The highest BCUT2D eigenvalue weighted by molar-refractivity contribution is 7.88. The van der Waals surface area contributed by atoms with E-state index in [2.05, 4.69) is 15.4 Å². The van der Waals surface area contributed by atoms with Crippen LogP contribution in [0, 0.1) is 5.92 Å². The van der Waals surface area contributed by atoms with Gasteiger partial charge in [-0.3, -0.25) is 14.5 Å². The van der Waals surface area contributed by atoms with Gasteiger partial charge >= 0.3 is 0 Å². The molecule has 1 N–H and O–H groups in total. The predicted octanol–water partition coefficient (Wildman–Crippen LogP) is -1.07. The number of nitrogens with one attached hydrogen (secondary N) is 1. The van der Waals surface area contributed by atoms with Crippen molar-refractivity contribution in [2.24, 2.45) is 18.0 Å². The minimum absolute atomic E-state index is 0.00122. The predicted molar refractivity (Wildman–Crippen MR) is 103 cm³/mol. The Morgan fingerprint density at radius 1 is 1.37 bits per heavy atom. The third kappa shape index (κ3) is 4.59. The van der Waals surface area contributed by atoms with Crippen molar-refractivity contribution in [3.63, 3.8) is 0 Å². The van der Waals surface area contributed by atoms with Crippen LogP contribution in [0.1, 0.15) is 6.42 Å². The quantitative estimate of drug-likeness (QED) is 0.512. The average molecular weight is 398 g/mol. The van der Waals surface area contributed by atoms with Crippen molar-refractivity contribution in [1.82, 2.24) is 24.3 Å². The molecule has 0 radical (unpaired) electrons. The normalized spacial score (nSPS) is 22.6. The number of rotatable bonds is 4. The summed E-state index contributed by atoms with van der Waals surface area (Å²) in [7, 11) is 0.385. The number of sulfonamides is 1. The standard InChI is InChI=1S/C16H27N7O3S/c1-17-16(18-8-13-4-5-22(10-13)27(3,25)26)21-6-7-23(15(24)12-21)14-9-19-20(2)11-14/h9,11,13H,4-8,10,12H2,1-3H3,(H,17,18). The Hall–Kier alpha value is -2.14. The lowest BCUT2D eigenvalue weighted by Crippen LogP contribution is -2.55.